The molecule has 134 valence electrons. The normalized spacial score (nSPS) is 11.2. The molecule has 6 nitrogen and oxygen atoms in total. The minimum Gasteiger partial charge on any atom is -0.330 e. The maximum Gasteiger partial charge on any atom is 0.275 e. The Balaban J connectivity index is 2.14. The van der Waals surface area contributed by atoms with E-state index in [4.69, 9.17) is 5.73 Å². The molecule has 25 heavy (non-hydrogen) atoms. The van der Waals surface area contributed by atoms with Gasteiger partial charge in [0.15, 0.2) is 0 Å². The molecule has 2 aromatic rings. The van der Waals surface area contributed by atoms with Crippen LogP contribution in [0.25, 0.3) is 0 Å². The molecule has 0 unspecified atom stereocenters. The largest absolute Gasteiger partial charge is 0.330 e. The summed E-state index contributed by atoms with van der Waals surface area (Å²) >= 11 is 1.42. The highest BCUT2D eigenvalue weighted by molar-refractivity contribution is 7.09. The van der Waals surface area contributed by atoms with E-state index in [0.29, 0.717) is 30.0 Å². The van der Waals surface area contributed by atoms with E-state index in [2.05, 4.69) is 15.6 Å². The zero-order valence-corrected chi connectivity index (χ0v) is 15.8. The van der Waals surface area contributed by atoms with Crippen LogP contribution in [0.15, 0.2) is 23.6 Å². The minimum atomic E-state index is -0.492. The molecule has 0 aliphatic carbocycles. The van der Waals surface area contributed by atoms with Gasteiger partial charge in [0.25, 0.3) is 5.91 Å². The van der Waals surface area contributed by atoms with E-state index in [1.807, 2.05) is 39.8 Å². The summed E-state index contributed by atoms with van der Waals surface area (Å²) < 4.78 is 0. The number of nitrogens with two attached hydrogens (primary N) is 1. The fourth-order valence-corrected chi connectivity index (χ4v) is 2.79. The van der Waals surface area contributed by atoms with Gasteiger partial charge in [-0.15, -0.1) is 11.3 Å². The molecular formula is C18H24N4O2S. The van der Waals surface area contributed by atoms with Gasteiger partial charge in [-0.1, -0.05) is 26.8 Å². The monoisotopic (exact) mass is 360 g/mol. The fourth-order valence-electron chi connectivity index (χ4n) is 1.99. The van der Waals surface area contributed by atoms with Crippen LogP contribution in [0.2, 0.25) is 0 Å². The number of carbonyl (C=O) groups excluding carboxylic acids is 2. The van der Waals surface area contributed by atoms with Gasteiger partial charge in [0, 0.05) is 28.6 Å². The summed E-state index contributed by atoms with van der Waals surface area (Å²) in [5.41, 5.74) is 7.58. The molecule has 0 saturated carbocycles. The number of hydrogen-bond donors (Lipinski definition) is 3. The number of carbonyl (C=O) groups is 2. The van der Waals surface area contributed by atoms with Crippen molar-refractivity contribution in [2.45, 2.75) is 34.1 Å². The average Bonchev–Trinajstić information content (AvgIpc) is 2.99. The van der Waals surface area contributed by atoms with Gasteiger partial charge in [0.1, 0.15) is 5.69 Å². The van der Waals surface area contributed by atoms with Crippen LogP contribution in [0.4, 0.5) is 11.4 Å². The molecule has 0 aliphatic rings. The Morgan fingerprint density at radius 3 is 2.60 bits per heavy atom. The quantitative estimate of drug-likeness (QED) is 0.763. The first kappa shape index (κ1) is 19.1. The van der Waals surface area contributed by atoms with E-state index in [1.165, 1.54) is 11.3 Å². The summed E-state index contributed by atoms with van der Waals surface area (Å²) in [6.45, 7) is 7.94. The lowest BCUT2D eigenvalue weighted by molar-refractivity contribution is -0.123. The molecule has 4 N–H and O–H groups in total. The predicted molar refractivity (Wildman–Crippen MR) is 102 cm³/mol. The number of anilines is 2. The zero-order valence-electron chi connectivity index (χ0n) is 15.0. The van der Waals surface area contributed by atoms with Gasteiger partial charge in [0.2, 0.25) is 5.91 Å². The van der Waals surface area contributed by atoms with Crippen molar-refractivity contribution >= 4 is 34.5 Å². The van der Waals surface area contributed by atoms with Crippen molar-refractivity contribution in [2.24, 2.45) is 11.1 Å². The van der Waals surface area contributed by atoms with Crippen LogP contribution in [-0.2, 0) is 11.2 Å². The van der Waals surface area contributed by atoms with E-state index in [-0.39, 0.29) is 11.8 Å². The maximum atomic E-state index is 12.4. The van der Waals surface area contributed by atoms with Crippen LogP contribution in [0.1, 0.15) is 41.8 Å². The van der Waals surface area contributed by atoms with Gasteiger partial charge in [-0.25, -0.2) is 4.98 Å². The first-order chi connectivity index (χ1) is 11.7. The third kappa shape index (κ3) is 5.11. The molecule has 0 aliphatic heterocycles. The summed E-state index contributed by atoms with van der Waals surface area (Å²) in [6.07, 6.45) is 0.658. The van der Waals surface area contributed by atoms with Crippen molar-refractivity contribution in [1.82, 2.24) is 4.98 Å². The smallest absolute Gasteiger partial charge is 0.275 e. The second-order valence-corrected chi connectivity index (χ2v) is 7.80. The van der Waals surface area contributed by atoms with Gasteiger partial charge in [-0.2, -0.15) is 0 Å². The van der Waals surface area contributed by atoms with Crippen LogP contribution in [0.5, 0.6) is 0 Å². The predicted octanol–water partition coefficient (Wildman–Crippen LogP) is 3.19. The summed E-state index contributed by atoms with van der Waals surface area (Å²) in [5, 5.41) is 8.29. The lowest BCUT2D eigenvalue weighted by Gasteiger charge is -2.18. The van der Waals surface area contributed by atoms with Crippen molar-refractivity contribution in [3.8, 4) is 0 Å². The number of thiazole rings is 1. The van der Waals surface area contributed by atoms with Crippen LogP contribution >= 0.6 is 11.3 Å². The number of nitrogens with one attached hydrogen (secondary N) is 2. The second-order valence-electron chi connectivity index (χ2n) is 6.85. The molecule has 0 atom stereocenters. The molecule has 1 aromatic carbocycles. The Morgan fingerprint density at radius 2 is 1.96 bits per heavy atom. The van der Waals surface area contributed by atoms with E-state index in [9.17, 15) is 9.59 Å². The van der Waals surface area contributed by atoms with Crippen LogP contribution < -0.4 is 16.4 Å². The Bertz CT molecular complexity index is 778. The molecule has 7 heteroatoms. The van der Waals surface area contributed by atoms with Crippen LogP contribution in [0.3, 0.4) is 0 Å². The Kier molecular flexibility index (Phi) is 5.92. The van der Waals surface area contributed by atoms with Crippen molar-refractivity contribution in [1.29, 1.82) is 0 Å². The summed E-state index contributed by atoms with van der Waals surface area (Å²) in [6, 6.07) is 5.43. The highest BCUT2D eigenvalue weighted by atomic mass is 32.1. The van der Waals surface area contributed by atoms with E-state index >= 15 is 0 Å². The molecular weight excluding hydrogens is 336 g/mol. The van der Waals surface area contributed by atoms with E-state index in [1.54, 1.807) is 11.4 Å². The maximum absolute atomic E-state index is 12.4. The summed E-state index contributed by atoms with van der Waals surface area (Å²) in [7, 11) is 0. The topological polar surface area (TPSA) is 97.1 Å². The lowest BCUT2D eigenvalue weighted by Crippen LogP contribution is -2.27. The average molecular weight is 360 g/mol. The lowest BCUT2D eigenvalue weighted by atomic mass is 9.95. The first-order valence-electron chi connectivity index (χ1n) is 8.08. The van der Waals surface area contributed by atoms with Crippen molar-refractivity contribution in [3.63, 3.8) is 0 Å². The molecule has 1 aromatic heterocycles. The molecule has 0 fully saturated rings. The number of aromatic nitrogens is 1. The van der Waals surface area contributed by atoms with Crippen molar-refractivity contribution in [2.75, 3.05) is 17.2 Å². The molecule has 0 spiro atoms. The van der Waals surface area contributed by atoms with Gasteiger partial charge in [-0.05, 0) is 31.2 Å². The van der Waals surface area contributed by atoms with Gasteiger partial charge >= 0.3 is 0 Å². The molecule has 2 amide bonds. The SMILES string of the molecule is Cc1ccc(NC(=O)C(C)(C)C)cc1NC(=O)c1csc(CCN)n1. The van der Waals surface area contributed by atoms with Crippen LogP contribution in [0, 0.1) is 12.3 Å². The van der Waals surface area contributed by atoms with Crippen LogP contribution in [-0.4, -0.2) is 23.3 Å². The van der Waals surface area contributed by atoms with E-state index in [0.717, 1.165) is 10.6 Å². The molecule has 0 radical (unpaired) electrons. The number of rotatable bonds is 5. The Hall–Kier alpha value is -2.25. The van der Waals surface area contributed by atoms with Crippen molar-refractivity contribution < 1.29 is 9.59 Å². The number of aryl methyl sites for hydroxylation is 1. The Labute approximate surface area is 151 Å². The van der Waals surface area contributed by atoms with Gasteiger partial charge < -0.3 is 16.4 Å². The Morgan fingerprint density at radius 1 is 1.24 bits per heavy atom. The number of nitrogens with zero attached hydrogens (tertiary/aromatic N) is 1. The number of hydrogen-bond acceptors (Lipinski definition) is 5. The molecule has 0 saturated heterocycles. The van der Waals surface area contributed by atoms with Crippen molar-refractivity contribution in [3.05, 3.63) is 39.8 Å². The zero-order chi connectivity index (χ0) is 18.6. The molecule has 2 rings (SSSR count). The summed E-state index contributed by atoms with van der Waals surface area (Å²) in [5.74, 6) is -0.360. The van der Waals surface area contributed by atoms with Gasteiger partial charge in [0.05, 0.1) is 5.01 Å². The highest BCUT2D eigenvalue weighted by Gasteiger charge is 2.21. The minimum absolute atomic E-state index is 0.0837. The second kappa shape index (κ2) is 7.76. The van der Waals surface area contributed by atoms with E-state index < -0.39 is 5.41 Å². The molecule has 1 heterocycles. The molecule has 0 bridgehead atoms. The first-order valence-corrected chi connectivity index (χ1v) is 8.96. The summed E-state index contributed by atoms with van der Waals surface area (Å²) in [4.78, 5) is 28.8. The third-order valence-corrected chi connectivity index (χ3v) is 4.48. The van der Waals surface area contributed by atoms with Gasteiger partial charge in [-0.3, -0.25) is 9.59 Å². The number of benzene rings is 1. The third-order valence-electron chi connectivity index (χ3n) is 3.57. The standard InChI is InChI=1S/C18H24N4O2S/c1-11-5-6-12(20-17(24)18(2,3)4)9-13(11)22-16(23)14-10-25-15(21-14)7-8-19/h5-6,9-10H,7-8,19H2,1-4H3,(H,20,24)(H,22,23). The highest BCUT2D eigenvalue weighted by Crippen LogP contribution is 2.23. The number of amides is 2. The fraction of sp³-hybridized carbons (Fsp3) is 0.389.